The summed E-state index contributed by atoms with van der Waals surface area (Å²) >= 11 is 0. The molecule has 2 unspecified atom stereocenters. The maximum atomic E-state index is 14.5. The molecule has 1 saturated carbocycles. The number of alkyl halides is 2. The second kappa shape index (κ2) is 9.20. The third kappa shape index (κ3) is 5.44. The molecule has 0 bridgehead atoms. The Morgan fingerprint density at radius 2 is 2.04 bits per heavy atom. The van der Waals surface area contributed by atoms with Gasteiger partial charge in [-0.2, -0.15) is 0 Å². The molecule has 1 aliphatic carbocycles. The van der Waals surface area contributed by atoms with Crippen LogP contribution < -0.4 is 5.32 Å². The van der Waals surface area contributed by atoms with Gasteiger partial charge in [0.1, 0.15) is 11.6 Å². The molecule has 1 N–H and O–H groups in total. The van der Waals surface area contributed by atoms with Crippen LogP contribution in [0.25, 0.3) is 6.08 Å². The summed E-state index contributed by atoms with van der Waals surface area (Å²) in [4.78, 5) is 3.75. The van der Waals surface area contributed by atoms with E-state index in [2.05, 4.69) is 10.3 Å². The minimum atomic E-state index is -2.73. The molecule has 6 heteroatoms. The fraction of sp³-hybridized carbons (Fsp3) is 0.476. The fourth-order valence-corrected chi connectivity index (χ4v) is 3.74. The first-order valence-corrected chi connectivity index (χ1v) is 9.09. The number of nitrogens with one attached hydrogen (secondary N) is 1. The van der Waals surface area contributed by atoms with Crippen LogP contribution in [-0.2, 0) is 6.42 Å². The topological polar surface area (TPSA) is 24.4 Å². The Labute approximate surface area is 158 Å². The average molecular weight is 382 g/mol. The van der Waals surface area contributed by atoms with E-state index in [1.807, 2.05) is 0 Å². The highest BCUT2D eigenvalue weighted by Crippen LogP contribution is 2.44. The van der Waals surface area contributed by atoms with Gasteiger partial charge in [-0.05, 0) is 49.5 Å². The fourth-order valence-electron chi connectivity index (χ4n) is 3.74. The third-order valence-electron chi connectivity index (χ3n) is 5.13. The Morgan fingerprint density at radius 1 is 1.30 bits per heavy atom. The first kappa shape index (κ1) is 21.2. The smallest absolute Gasteiger partial charge is 0.248 e. The number of hydrogen-bond acceptors (Lipinski definition) is 2. The van der Waals surface area contributed by atoms with Gasteiger partial charge in [-0.15, -0.1) is 0 Å². The molecule has 1 aromatic rings. The highest BCUT2D eigenvalue weighted by Gasteiger charge is 2.42. The van der Waals surface area contributed by atoms with Crippen molar-refractivity contribution in [2.24, 2.45) is 16.8 Å². The standard InChI is InChI=1S/C21H26F4N2/c1-4-20(27-3)17-13-21(24,25)8-7-14(17)10-16-12-18(22)15(11-19(16)23)6-5-9-26-2/h4-6,9,11-12,14,17,27H,7-8,10,13H2,1-3H3/b6-5+,20-4-,26-9?. The van der Waals surface area contributed by atoms with Gasteiger partial charge in [0.25, 0.3) is 0 Å². The van der Waals surface area contributed by atoms with Crippen LogP contribution in [0, 0.1) is 23.5 Å². The van der Waals surface area contributed by atoms with Crippen molar-refractivity contribution in [3.8, 4) is 0 Å². The molecule has 148 valence electrons. The summed E-state index contributed by atoms with van der Waals surface area (Å²) in [6.45, 7) is 1.79. The molecular formula is C21H26F4N2. The Balaban J connectivity index is 2.27. The minimum absolute atomic E-state index is 0.132. The lowest BCUT2D eigenvalue weighted by Crippen LogP contribution is -2.37. The van der Waals surface area contributed by atoms with Crippen molar-refractivity contribution in [3.63, 3.8) is 0 Å². The first-order valence-electron chi connectivity index (χ1n) is 9.09. The van der Waals surface area contributed by atoms with Crippen molar-refractivity contribution in [2.75, 3.05) is 14.1 Å². The lowest BCUT2D eigenvalue weighted by molar-refractivity contribution is -0.0634. The highest BCUT2D eigenvalue weighted by atomic mass is 19.3. The summed E-state index contributed by atoms with van der Waals surface area (Å²) in [7, 11) is 3.28. The highest BCUT2D eigenvalue weighted by molar-refractivity contribution is 5.78. The Kier molecular flexibility index (Phi) is 7.22. The van der Waals surface area contributed by atoms with Crippen LogP contribution in [0.2, 0.25) is 0 Å². The van der Waals surface area contributed by atoms with Crippen LogP contribution in [0.1, 0.15) is 37.3 Å². The molecule has 0 spiro atoms. The van der Waals surface area contributed by atoms with E-state index in [1.165, 1.54) is 24.4 Å². The van der Waals surface area contributed by atoms with Crippen molar-refractivity contribution in [3.05, 3.63) is 52.7 Å². The summed E-state index contributed by atoms with van der Waals surface area (Å²) in [6, 6.07) is 2.32. The van der Waals surface area contributed by atoms with E-state index < -0.39 is 23.5 Å². The maximum absolute atomic E-state index is 14.5. The number of nitrogens with zero attached hydrogens (tertiary/aromatic N) is 1. The second-order valence-corrected chi connectivity index (χ2v) is 6.89. The molecular weight excluding hydrogens is 356 g/mol. The zero-order valence-electron chi connectivity index (χ0n) is 15.9. The Hall–Kier alpha value is -2.11. The van der Waals surface area contributed by atoms with E-state index in [0.717, 1.165) is 11.8 Å². The van der Waals surface area contributed by atoms with Gasteiger partial charge in [0.2, 0.25) is 5.92 Å². The van der Waals surface area contributed by atoms with Crippen LogP contribution in [0.5, 0.6) is 0 Å². The molecule has 0 aromatic heterocycles. The predicted octanol–water partition coefficient (Wildman–Crippen LogP) is 5.40. The largest absolute Gasteiger partial charge is 0.391 e. The molecule has 2 rings (SSSR count). The van der Waals surface area contributed by atoms with Gasteiger partial charge in [-0.1, -0.05) is 12.2 Å². The lowest BCUT2D eigenvalue weighted by Gasteiger charge is -2.37. The van der Waals surface area contributed by atoms with Gasteiger partial charge in [0, 0.05) is 50.3 Å². The van der Waals surface area contributed by atoms with Crippen LogP contribution in [0.15, 0.2) is 35.0 Å². The van der Waals surface area contributed by atoms with Gasteiger partial charge in [-0.25, -0.2) is 17.6 Å². The van der Waals surface area contributed by atoms with Crippen LogP contribution >= 0.6 is 0 Å². The predicted molar refractivity (Wildman–Crippen MR) is 102 cm³/mol. The molecule has 2 nitrogen and oxygen atoms in total. The number of benzene rings is 1. The van der Waals surface area contributed by atoms with Crippen molar-refractivity contribution < 1.29 is 17.6 Å². The monoisotopic (exact) mass is 382 g/mol. The summed E-state index contributed by atoms with van der Waals surface area (Å²) in [5.41, 5.74) is 1.08. The van der Waals surface area contributed by atoms with E-state index in [1.54, 1.807) is 27.1 Å². The van der Waals surface area contributed by atoms with E-state index >= 15 is 0 Å². The third-order valence-corrected chi connectivity index (χ3v) is 5.13. The molecule has 0 amide bonds. The zero-order valence-corrected chi connectivity index (χ0v) is 15.9. The summed E-state index contributed by atoms with van der Waals surface area (Å²) in [6.07, 6.45) is 6.22. The number of hydrogen-bond donors (Lipinski definition) is 1. The molecule has 2 atom stereocenters. The number of rotatable bonds is 6. The molecule has 1 aliphatic rings. The van der Waals surface area contributed by atoms with Crippen LogP contribution in [0.3, 0.4) is 0 Å². The van der Waals surface area contributed by atoms with E-state index in [9.17, 15) is 17.6 Å². The van der Waals surface area contributed by atoms with Crippen LogP contribution in [-0.4, -0.2) is 26.2 Å². The molecule has 0 saturated heterocycles. The summed E-state index contributed by atoms with van der Waals surface area (Å²) in [5.74, 6) is -4.37. The molecule has 1 aromatic carbocycles. The Morgan fingerprint density at radius 3 is 2.67 bits per heavy atom. The normalized spacial score (nSPS) is 23.3. The Bertz CT molecular complexity index is 738. The van der Waals surface area contributed by atoms with Crippen molar-refractivity contribution >= 4 is 12.3 Å². The average Bonchev–Trinajstić information content (AvgIpc) is 2.62. The summed E-state index contributed by atoms with van der Waals surface area (Å²) in [5, 5.41) is 2.98. The molecule has 0 aliphatic heterocycles. The maximum Gasteiger partial charge on any atom is 0.248 e. The number of halogens is 4. The van der Waals surface area contributed by atoms with Gasteiger partial charge >= 0.3 is 0 Å². The quantitative estimate of drug-likeness (QED) is 0.517. The lowest BCUT2D eigenvalue weighted by atomic mass is 9.73. The van der Waals surface area contributed by atoms with Gasteiger partial charge in [0.05, 0.1) is 0 Å². The van der Waals surface area contributed by atoms with E-state index in [-0.39, 0.29) is 42.7 Å². The van der Waals surface area contributed by atoms with Gasteiger partial charge in [0.15, 0.2) is 0 Å². The summed E-state index contributed by atoms with van der Waals surface area (Å²) < 4.78 is 56.7. The van der Waals surface area contributed by atoms with Crippen molar-refractivity contribution in [2.45, 2.75) is 38.5 Å². The molecule has 1 fully saturated rings. The number of aliphatic imine (C=N–C) groups is 1. The molecule has 0 radical (unpaired) electrons. The van der Waals surface area contributed by atoms with E-state index in [4.69, 9.17) is 0 Å². The zero-order chi connectivity index (χ0) is 20.0. The molecule has 0 heterocycles. The van der Waals surface area contributed by atoms with E-state index in [0.29, 0.717) is 0 Å². The van der Waals surface area contributed by atoms with Crippen molar-refractivity contribution in [1.29, 1.82) is 0 Å². The SMILES string of the molecule is C/C=C(\NC)C1CC(F)(F)CCC1Cc1cc(F)c(/C=C/C=NC)cc1F. The van der Waals surface area contributed by atoms with Gasteiger partial charge in [-0.3, -0.25) is 4.99 Å². The van der Waals surface area contributed by atoms with Crippen molar-refractivity contribution in [1.82, 2.24) is 5.32 Å². The van der Waals surface area contributed by atoms with Crippen LogP contribution in [0.4, 0.5) is 17.6 Å². The number of allylic oxidation sites excluding steroid dienone is 3. The minimum Gasteiger partial charge on any atom is -0.391 e. The second-order valence-electron chi connectivity index (χ2n) is 6.89. The molecule has 27 heavy (non-hydrogen) atoms. The first-order chi connectivity index (χ1) is 12.8. The van der Waals surface area contributed by atoms with Gasteiger partial charge < -0.3 is 5.32 Å².